The van der Waals surface area contributed by atoms with E-state index in [1.165, 1.54) is 0 Å². The Kier molecular flexibility index (Phi) is 3.16. The normalized spacial score (nSPS) is 26.3. The molecular weight excluding hydrogens is 188 g/mol. The molecule has 13 heavy (non-hydrogen) atoms. The highest BCUT2D eigenvalue weighted by atomic mass is 19.3. The highest BCUT2D eigenvalue weighted by Gasteiger charge is 2.39. The maximum absolute atomic E-state index is 12.6. The van der Waals surface area contributed by atoms with Gasteiger partial charge in [0.15, 0.2) is 0 Å². The van der Waals surface area contributed by atoms with Gasteiger partial charge in [0.25, 0.3) is 6.43 Å². The summed E-state index contributed by atoms with van der Waals surface area (Å²) in [5, 5.41) is 8.93. The van der Waals surface area contributed by atoms with Crippen LogP contribution in [0.25, 0.3) is 0 Å². The molecule has 0 aromatic heterocycles. The molecule has 5 heteroatoms. The second-order valence-electron chi connectivity index (χ2n) is 3.52. The molecule has 1 unspecified atom stereocenters. The molecule has 1 N–H and O–H groups in total. The van der Waals surface area contributed by atoms with Gasteiger partial charge in [0.05, 0.1) is 0 Å². The molecule has 0 heterocycles. The van der Waals surface area contributed by atoms with Crippen molar-refractivity contribution in [2.45, 2.75) is 44.1 Å². The van der Waals surface area contributed by atoms with Crippen LogP contribution in [0, 0.1) is 5.92 Å². The Morgan fingerprint density at radius 2 is 1.62 bits per heavy atom. The number of halogens is 4. The third-order valence-electron chi connectivity index (χ3n) is 2.50. The predicted molar refractivity (Wildman–Crippen MR) is 38.9 cm³/mol. The average Bonchev–Trinajstić information content (AvgIpc) is 2.03. The third kappa shape index (κ3) is 2.83. The SMILES string of the molecule is OC(C(F)F)C1CCC(F)(F)CC1. The maximum atomic E-state index is 12.6. The Hall–Kier alpha value is -0.320. The molecule has 0 saturated heterocycles. The Labute approximate surface area is 73.7 Å². The molecule has 78 valence electrons. The van der Waals surface area contributed by atoms with E-state index >= 15 is 0 Å². The first-order valence-electron chi connectivity index (χ1n) is 4.26. The molecule has 0 spiro atoms. The highest BCUT2D eigenvalue weighted by Crippen LogP contribution is 2.38. The molecule has 1 atom stereocenters. The minimum Gasteiger partial charge on any atom is -0.387 e. The summed E-state index contributed by atoms with van der Waals surface area (Å²) in [5.74, 6) is -3.39. The van der Waals surface area contributed by atoms with Crippen molar-refractivity contribution < 1.29 is 22.7 Å². The van der Waals surface area contributed by atoms with Crippen LogP contribution in [0.15, 0.2) is 0 Å². The molecule has 1 rings (SSSR count). The summed E-state index contributed by atoms with van der Waals surface area (Å²) in [6.07, 6.45) is -5.37. The Morgan fingerprint density at radius 1 is 1.15 bits per heavy atom. The zero-order valence-electron chi connectivity index (χ0n) is 7.02. The van der Waals surface area contributed by atoms with Crippen LogP contribution in [0.3, 0.4) is 0 Å². The zero-order chi connectivity index (χ0) is 10.1. The number of aliphatic hydroxyl groups is 1. The number of aliphatic hydroxyl groups excluding tert-OH is 1. The number of alkyl halides is 4. The smallest absolute Gasteiger partial charge is 0.264 e. The van der Waals surface area contributed by atoms with Crippen LogP contribution in [-0.4, -0.2) is 23.6 Å². The van der Waals surface area contributed by atoms with E-state index in [1.807, 2.05) is 0 Å². The maximum Gasteiger partial charge on any atom is 0.264 e. The van der Waals surface area contributed by atoms with Gasteiger partial charge in [-0.3, -0.25) is 0 Å². The van der Waals surface area contributed by atoms with Crippen molar-refractivity contribution in [3.8, 4) is 0 Å². The van der Waals surface area contributed by atoms with Gasteiger partial charge in [-0.15, -0.1) is 0 Å². The van der Waals surface area contributed by atoms with E-state index in [-0.39, 0.29) is 25.7 Å². The van der Waals surface area contributed by atoms with Gasteiger partial charge in [0, 0.05) is 12.8 Å². The van der Waals surface area contributed by atoms with Gasteiger partial charge in [-0.1, -0.05) is 0 Å². The molecule has 1 saturated carbocycles. The van der Waals surface area contributed by atoms with Crippen LogP contribution >= 0.6 is 0 Å². The minimum absolute atomic E-state index is 0.0154. The standard InChI is InChI=1S/C8H12F4O/c9-7(10)6(13)5-1-3-8(11,12)4-2-5/h5-7,13H,1-4H2. The van der Waals surface area contributed by atoms with Crippen LogP contribution in [0.1, 0.15) is 25.7 Å². The van der Waals surface area contributed by atoms with Crippen LogP contribution < -0.4 is 0 Å². The first-order chi connectivity index (χ1) is 5.92. The lowest BCUT2D eigenvalue weighted by Crippen LogP contribution is -2.34. The summed E-state index contributed by atoms with van der Waals surface area (Å²) in [4.78, 5) is 0. The van der Waals surface area contributed by atoms with E-state index in [1.54, 1.807) is 0 Å². The Bertz CT molecular complexity index is 162. The van der Waals surface area contributed by atoms with Crippen molar-refractivity contribution in [2.75, 3.05) is 0 Å². The van der Waals surface area contributed by atoms with Crippen molar-refractivity contribution in [3.63, 3.8) is 0 Å². The van der Waals surface area contributed by atoms with Crippen molar-refractivity contribution in [1.82, 2.24) is 0 Å². The number of hydrogen-bond acceptors (Lipinski definition) is 1. The van der Waals surface area contributed by atoms with E-state index in [0.717, 1.165) is 0 Å². The second-order valence-corrected chi connectivity index (χ2v) is 3.52. The van der Waals surface area contributed by atoms with E-state index < -0.39 is 24.4 Å². The zero-order valence-corrected chi connectivity index (χ0v) is 7.02. The number of rotatable bonds is 2. The van der Waals surface area contributed by atoms with Crippen molar-refractivity contribution in [3.05, 3.63) is 0 Å². The largest absolute Gasteiger partial charge is 0.387 e. The predicted octanol–water partition coefficient (Wildman–Crippen LogP) is 2.44. The van der Waals surface area contributed by atoms with E-state index in [0.29, 0.717) is 0 Å². The molecule has 0 aliphatic heterocycles. The molecule has 0 aromatic carbocycles. The summed E-state index contributed by atoms with van der Waals surface area (Å²) in [5.41, 5.74) is 0. The molecular formula is C8H12F4O. The van der Waals surface area contributed by atoms with E-state index in [4.69, 9.17) is 5.11 Å². The van der Waals surface area contributed by atoms with Gasteiger partial charge in [-0.2, -0.15) is 0 Å². The second kappa shape index (κ2) is 3.82. The topological polar surface area (TPSA) is 20.2 Å². The summed E-state index contributed by atoms with van der Waals surface area (Å²) < 4.78 is 49.1. The lowest BCUT2D eigenvalue weighted by molar-refractivity contribution is -0.0922. The minimum atomic E-state index is -2.82. The molecule has 0 amide bonds. The fourth-order valence-corrected chi connectivity index (χ4v) is 1.61. The Balaban J connectivity index is 2.41. The summed E-state index contributed by atoms with van der Waals surface area (Å²) in [6.45, 7) is 0. The highest BCUT2D eigenvalue weighted by molar-refractivity contribution is 4.82. The molecule has 1 fully saturated rings. The first-order valence-corrected chi connectivity index (χ1v) is 4.26. The van der Waals surface area contributed by atoms with E-state index in [9.17, 15) is 17.6 Å². The van der Waals surface area contributed by atoms with Crippen LogP contribution in [0.4, 0.5) is 17.6 Å². The van der Waals surface area contributed by atoms with Crippen LogP contribution in [0.5, 0.6) is 0 Å². The molecule has 1 aliphatic carbocycles. The summed E-state index contributed by atoms with van der Waals surface area (Å²) in [6, 6.07) is 0. The van der Waals surface area contributed by atoms with Gasteiger partial charge >= 0.3 is 0 Å². The quantitative estimate of drug-likeness (QED) is 0.679. The van der Waals surface area contributed by atoms with Crippen molar-refractivity contribution in [1.29, 1.82) is 0 Å². The number of hydrogen-bond donors (Lipinski definition) is 1. The molecule has 0 radical (unpaired) electrons. The third-order valence-corrected chi connectivity index (χ3v) is 2.50. The fraction of sp³-hybridized carbons (Fsp3) is 1.00. The van der Waals surface area contributed by atoms with E-state index in [2.05, 4.69) is 0 Å². The molecule has 1 aliphatic rings. The molecule has 0 aromatic rings. The lowest BCUT2D eigenvalue weighted by atomic mass is 9.83. The van der Waals surface area contributed by atoms with Gasteiger partial charge < -0.3 is 5.11 Å². The van der Waals surface area contributed by atoms with Gasteiger partial charge in [-0.05, 0) is 18.8 Å². The first kappa shape index (κ1) is 10.8. The summed E-state index contributed by atoms with van der Waals surface area (Å²) in [7, 11) is 0. The van der Waals surface area contributed by atoms with Gasteiger partial charge in [-0.25, -0.2) is 17.6 Å². The van der Waals surface area contributed by atoms with Crippen molar-refractivity contribution in [2.24, 2.45) is 5.92 Å². The Morgan fingerprint density at radius 3 is 2.00 bits per heavy atom. The monoisotopic (exact) mass is 200 g/mol. The average molecular weight is 200 g/mol. The molecule has 1 nitrogen and oxygen atoms in total. The van der Waals surface area contributed by atoms with Crippen LogP contribution in [0.2, 0.25) is 0 Å². The van der Waals surface area contributed by atoms with Gasteiger partial charge in [0.2, 0.25) is 5.92 Å². The summed E-state index contributed by atoms with van der Waals surface area (Å²) >= 11 is 0. The van der Waals surface area contributed by atoms with Crippen molar-refractivity contribution >= 4 is 0 Å². The van der Waals surface area contributed by atoms with Gasteiger partial charge in [0.1, 0.15) is 6.10 Å². The fourth-order valence-electron chi connectivity index (χ4n) is 1.61. The molecule has 0 bridgehead atoms. The lowest BCUT2D eigenvalue weighted by Gasteiger charge is -2.30. The van der Waals surface area contributed by atoms with Crippen LogP contribution in [-0.2, 0) is 0 Å².